The monoisotopic (exact) mass is 555 g/mol. The lowest BCUT2D eigenvalue weighted by atomic mass is 10.1. The summed E-state index contributed by atoms with van der Waals surface area (Å²) >= 11 is 13.0. The van der Waals surface area contributed by atoms with Gasteiger partial charge in [-0.3, -0.25) is 14.4 Å². The smallest absolute Gasteiger partial charge is 0.338 e. The summed E-state index contributed by atoms with van der Waals surface area (Å²) in [6, 6.07) is 19.5. The molecule has 3 aromatic carbocycles. The van der Waals surface area contributed by atoms with E-state index in [9.17, 15) is 19.2 Å². The van der Waals surface area contributed by atoms with Crippen molar-refractivity contribution < 1.29 is 23.9 Å². The fraction of sp³-hybridized carbons (Fsp3) is 0.115. The van der Waals surface area contributed by atoms with Gasteiger partial charge in [-0.15, -0.1) is 0 Å². The van der Waals surface area contributed by atoms with Crippen LogP contribution in [0.3, 0.4) is 0 Å². The Hall–Kier alpha value is -3.66. The first-order valence-corrected chi connectivity index (χ1v) is 12.6. The molecular formula is C26H19Cl2N3O5S. The first kappa shape index (κ1) is 26.4. The summed E-state index contributed by atoms with van der Waals surface area (Å²) < 4.78 is 5.08. The van der Waals surface area contributed by atoms with E-state index in [2.05, 4.69) is 15.6 Å². The van der Waals surface area contributed by atoms with Crippen LogP contribution >= 0.6 is 35.0 Å². The summed E-state index contributed by atoms with van der Waals surface area (Å²) in [7, 11) is 0. The molecule has 0 aromatic heterocycles. The number of halogens is 2. The first-order chi connectivity index (χ1) is 17.8. The SMILES string of the molecule is O=C(C[C@@H]1SC(=Nc2ccccc2)NC1=O)Nc1ccc(C(=O)OCC(=O)c2ccc(Cl)cc2Cl)cc1. The highest BCUT2D eigenvalue weighted by atomic mass is 35.5. The van der Waals surface area contributed by atoms with Crippen molar-refractivity contribution in [3.8, 4) is 0 Å². The minimum absolute atomic E-state index is 0.0521. The van der Waals surface area contributed by atoms with Crippen molar-refractivity contribution in [3.63, 3.8) is 0 Å². The Morgan fingerprint density at radius 1 is 1.00 bits per heavy atom. The number of hydrogen-bond acceptors (Lipinski definition) is 7. The minimum Gasteiger partial charge on any atom is -0.454 e. The van der Waals surface area contributed by atoms with Gasteiger partial charge in [0.25, 0.3) is 0 Å². The summed E-state index contributed by atoms with van der Waals surface area (Å²) in [4.78, 5) is 53.6. The molecule has 1 atom stereocenters. The quantitative estimate of drug-likeness (QED) is 0.288. The second-order valence-corrected chi connectivity index (χ2v) is 9.84. The number of ketones is 1. The number of nitrogens with zero attached hydrogens (tertiary/aromatic N) is 1. The van der Waals surface area contributed by atoms with Crippen LogP contribution in [0.1, 0.15) is 27.1 Å². The van der Waals surface area contributed by atoms with Gasteiger partial charge in [0.05, 0.1) is 16.3 Å². The number of Topliss-reactive ketones (excluding diaryl/α,β-unsaturated/α-hetero) is 1. The van der Waals surface area contributed by atoms with E-state index in [1.807, 2.05) is 30.3 Å². The number of benzene rings is 3. The molecule has 0 radical (unpaired) electrons. The molecule has 0 saturated carbocycles. The molecule has 1 aliphatic rings. The van der Waals surface area contributed by atoms with Gasteiger partial charge in [0, 0.05) is 22.7 Å². The van der Waals surface area contributed by atoms with E-state index in [1.165, 1.54) is 54.2 Å². The fourth-order valence-electron chi connectivity index (χ4n) is 3.29. The van der Waals surface area contributed by atoms with Gasteiger partial charge < -0.3 is 15.4 Å². The van der Waals surface area contributed by atoms with Gasteiger partial charge in [0.1, 0.15) is 5.25 Å². The van der Waals surface area contributed by atoms with Crippen LogP contribution in [0.4, 0.5) is 11.4 Å². The third-order valence-corrected chi connectivity index (χ3v) is 6.73. The third-order valence-electron chi connectivity index (χ3n) is 5.10. The van der Waals surface area contributed by atoms with E-state index in [0.717, 1.165) is 0 Å². The lowest BCUT2D eigenvalue weighted by molar-refractivity contribution is -0.122. The van der Waals surface area contributed by atoms with Crippen molar-refractivity contribution in [1.82, 2.24) is 5.32 Å². The van der Waals surface area contributed by atoms with Crippen LogP contribution in [0.25, 0.3) is 0 Å². The predicted molar refractivity (Wildman–Crippen MR) is 144 cm³/mol. The van der Waals surface area contributed by atoms with Crippen LogP contribution in [-0.4, -0.2) is 40.6 Å². The molecule has 0 spiro atoms. The maximum Gasteiger partial charge on any atom is 0.338 e. The summed E-state index contributed by atoms with van der Waals surface area (Å²) in [5.74, 6) is -1.83. The molecular weight excluding hydrogens is 537 g/mol. The maximum absolute atomic E-state index is 12.5. The first-order valence-electron chi connectivity index (χ1n) is 10.9. The highest BCUT2D eigenvalue weighted by molar-refractivity contribution is 8.15. The molecule has 1 saturated heterocycles. The van der Waals surface area contributed by atoms with Crippen molar-refractivity contribution in [2.45, 2.75) is 11.7 Å². The van der Waals surface area contributed by atoms with E-state index in [4.69, 9.17) is 27.9 Å². The van der Waals surface area contributed by atoms with Gasteiger partial charge in [0.15, 0.2) is 11.8 Å². The van der Waals surface area contributed by atoms with Gasteiger partial charge in [-0.05, 0) is 54.6 Å². The zero-order valence-corrected chi connectivity index (χ0v) is 21.4. The number of anilines is 1. The predicted octanol–water partition coefficient (Wildman–Crippen LogP) is 5.28. The molecule has 2 amide bonds. The molecule has 1 aliphatic heterocycles. The second-order valence-electron chi connectivity index (χ2n) is 7.80. The van der Waals surface area contributed by atoms with Crippen LogP contribution in [0.15, 0.2) is 77.8 Å². The number of carbonyl (C=O) groups excluding carboxylic acids is 4. The number of amidine groups is 1. The van der Waals surface area contributed by atoms with Crippen molar-refractivity contribution in [1.29, 1.82) is 0 Å². The summed E-state index contributed by atoms with van der Waals surface area (Å²) in [6.07, 6.45) is -0.0521. The highest BCUT2D eigenvalue weighted by Crippen LogP contribution is 2.26. The van der Waals surface area contributed by atoms with Crippen molar-refractivity contribution in [2.24, 2.45) is 4.99 Å². The number of esters is 1. The molecule has 1 fully saturated rings. The lowest BCUT2D eigenvalue weighted by Crippen LogP contribution is -2.28. The van der Waals surface area contributed by atoms with Gasteiger partial charge in [-0.1, -0.05) is 53.2 Å². The fourth-order valence-corrected chi connectivity index (χ4v) is 4.79. The number of nitrogens with one attached hydrogen (secondary N) is 2. The van der Waals surface area contributed by atoms with E-state index < -0.39 is 23.6 Å². The van der Waals surface area contributed by atoms with Gasteiger partial charge in [0.2, 0.25) is 17.6 Å². The Labute approximate surface area is 226 Å². The Balaban J connectivity index is 1.27. The van der Waals surface area contributed by atoms with E-state index in [1.54, 1.807) is 0 Å². The molecule has 188 valence electrons. The molecule has 11 heteroatoms. The van der Waals surface area contributed by atoms with Gasteiger partial charge in [-0.25, -0.2) is 9.79 Å². The van der Waals surface area contributed by atoms with Gasteiger partial charge >= 0.3 is 5.97 Å². The summed E-state index contributed by atoms with van der Waals surface area (Å²) in [5.41, 5.74) is 1.53. The second kappa shape index (κ2) is 12.1. The van der Waals surface area contributed by atoms with Crippen molar-refractivity contribution >= 4 is 75.1 Å². The maximum atomic E-state index is 12.5. The lowest BCUT2D eigenvalue weighted by Gasteiger charge is -2.09. The number of carbonyl (C=O) groups is 4. The Kier molecular flexibility index (Phi) is 8.60. The molecule has 0 unspecified atom stereocenters. The summed E-state index contributed by atoms with van der Waals surface area (Å²) in [5, 5.41) is 5.77. The number of para-hydroxylation sites is 1. The van der Waals surface area contributed by atoms with Crippen LogP contribution < -0.4 is 10.6 Å². The molecule has 37 heavy (non-hydrogen) atoms. The highest BCUT2D eigenvalue weighted by Gasteiger charge is 2.32. The zero-order valence-electron chi connectivity index (χ0n) is 19.1. The molecule has 1 heterocycles. The van der Waals surface area contributed by atoms with Crippen LogP contribution in [0.2, 0.25) is 10.0 Å². The number of amides is 2. The molecule has 0 bridgehead atoms. The molecule has 0 aliphatic carbocycles. The molecule has 4 rings (SSSR count). The standard InChI is InChI=1S/C26H19Cl2N3O5S/c27-16-8-11-19(20(28)12-16)21(32)14-36-25(35)15-6-9-18(10-7-15)29-23(33)13-22-24(34)31-26(37-22)30-17-4-2-1-3-5-17/h1-12,22H,13-14H2,(H,29,33)(H,30,31,34)/t22-/m0/s1. The Morgan fingerprint density at radius 2 is 1.73 bits per heavy atom. The normalized spacial score (nSPS) is 15.8. The number of hydrogen-bond donors (Lipinski definition) is 2. The van der Waals surface area contributed by atoms with Crippen LogP contribution in [-0.2, 0) is 14.3 Å². The third kappa shape index (κ3) is 7.19. The van der Waals surface area contributed by atoms with E-state index in [0.29, 0.717) is 21.6 Å². The average molecular weight is 556 g/mol. The topological polar surface area (TPSA) is 114 Å². The molecule has 3 aromatic rings. The summed E-state index contributed by atoms with van der Waals surface area (Å²) in [6.45, 7) is -0.491. The number of thioether (sulfide) groups is 1. The largest absolute Gasteiger partial charge is 0.454 e. The Bertz CT molecular complexity index is 1380. The zero-order chi connectivity index (χ0) is 26.4. The molecule has 8 nitrogen and oxygen atoms in total. The number of rotatable bonds is 8. The van der Waals surface area contributed by atoms with Gasteiger partial charge in [-0.2, -0.15) is 0 Å². The van der Waals surface area contributed by atoms with E-state index >= 15 is 0 Å². The minimum atomic E-state index is -0.708. The molecule has 2 N–H and O–H groups in total. The van der Waals surface area contributed by atoms with Crippen molar-refractivity contribution in [3.05, 3.63) is 94.0 Å². The van der Waals surface area contributed by atoms with Crippen LogP contribution in [0, 0.1) is 0 Å². The Morgan fingerprint density at radius 3 is 2.43 bits per heavy atom. The van der Waals surface area contributed by atoms with Crippen LogP contribution in [0.5, 0.6) is 0 Å². The van der Waals surface area contributed by atoms with Crippen molar-refractivity contribution in [2.75, 3.05) is 11.9 Å². The number of aliphatic imine (C=N–C) groups is 1. The number of ether oxygens (including phenoxy) is 1. The van der Waals surface area contributed by atoms with E-state index in [-0.39, 0.29) is 34.4 Å². The average Bonchev–Trinajstić information content (AvgIpc) is 3.21.